The number of carbonyl (C=O) groups is 1. The van der Waals surface area contributed by atoms with Gasteiger partial charge in [-0.05, 0) is 12.8 Å². The van der Waals surface area contributed by atoms with Crippen LogP contribution in [-0.4, -0.2) is 19.1 Å². The van der Waals surface area contributed by atoms with E-state index in [1.165, 1.54) is 44.9 Å². The van der Waals surface area contributed by atoms with Crippen LogP contribution in [0.2, 0.25) is 0 Å². The summed E-state index contributed by atoms with van der Waals surface area (Å²) in [5.74, 6) is -0.184. The summed E-state index contributed by atoms with van der Waals surface area (Å²) in [5, 5.41) is 0. The number of hydrogen-bond acceptors (Lipinski definition) is 3. The van der Waals surface area contributed by atoms with E-state index in [1.807, 2.05) is 0 Å². The van der Waals surface area contributed by atoms with Gasteiger partial charge in [0.1, 0.15) is 0 Å². The van der Waals surface area contributed by atoms with Crippen LogP contribution in [-0.2, 0) is 9.53 Å². The molecule has 0 radical (unpaired) electrons. The van der Waals surface area contributed by atoms with Gasteiger partial charge in [0.05, 0.1) is 12.5 Å². The van der Waals surface area contributed by atoms with Gasteiger partial charge in [-0.3, -0.25) is 4.79 Å². The molecule has 0 bridgehead atoms. The lowest BCUT2D eigenvalue weighted by molar-refractivity contribution is -0.148. The summed E-state index contributed by atoms with van der Waals surface area (Å²) in [7, 11) is 0. The normalized spacial score (nSPS) is 12.3. The van der Waals surface area contributed by atoms with E-state index < -0.39 is 0 Å². The topological polar surface area (TPSA) is 52.3 Å². The molecule has 0 fully saturated rings. The molecule has 0 aliphatic heterocycles. The lowest BCUT2D eigenvalue weighted by Crippen LogP contribution is -2.26. The molecule has 2 N–H and O–H groups in total. The third kappa shape index (κ3) is 11.3. The fourth-order valence-corrected chi connectivity index (χ4v) is 2.29. The first-order chi connectivity index (χ1) is 9.76. The van der Waals surface area contributed by atoms with Crippen LogP contribution in [0.3, 0.4) is 0 Å². The van der Waals surface area contributed by atoms with E-state index in [0.717, 1.165) is 25.7 Å². The third-order valence-electron chi connectivity index (χ3n) is 3.77. The molecular formula is C17H35NO2. The highest BCUT2D eigenvalue weighted by molar-refractivity contribution is 5.72. The maximum Gasteiger partial charge on any atom is 0.310 e. The van der Waals surface area contributed by atoms with Crippen molar-refractivity contribution < 1.29 is 9.53 Å². The van der Waals surface area contributed by atoms with Gasteiger partial charge in [0.2, 0.25) is 0 Å². The Kier molecular flexibility index (Phi) is 14.4. The van der Waals surface area contributed by atoms with Crippen molar-refractivity contribution in [3.63, 3.8) is 0 Å². The van der Waals surface area contributed by atoms with E-state index in [2.05, 4.69) is 13.8 Å². The first-order valence-corrected chi connectivity index (χ1v) is 8.62. The van der Waals surface area contributed by atoms with Gasteiger partial charge in [-0.1, -0.05) is 71.6 Å². The first kappa shape index (κ1) is 19.4. The second-order valence-electron chi connectivity index (χ2n) is 5.72. The molecule has 0 aliphatic rings. The van der Waals surface area contributed by atoms with Gasteiger partial charge >= 0.3 is 5.97 Å². The Morgan fingerprint density at radius 2 is 1.45 bits per heavy atom. The fourth-order valence-electron chi connectivity index (χ4n) is 2.29. The fraction of sp³-hybridized carbons (Fsp3) is 0.941. The van der Waals surface area contributed by atoms with Crippen LogP contribution in [0.4, 0.5) is 0 Å². The van der Waals surface area contributed by atoms with Crippen LogP contribution in [0.15, 0.2) is 0 Å². The lowest BCUT2D eigenvalue weighted by Gasteiger charge is -2.13. The van der Waals surface area contributed by atoms with Crippen LogP contribution < -0.4 is 5.73 Å². The van der Waals surface area contributed by atoms with Crippen molar-refractivity contribution in [1.29, 1.82) is 0 Å². The molecule has 0 aliphatic carbocycles. The molecule has 3 heteroatoms. The maximum atomic E-state index is 11.8. The predicted octanol–water partition coefficient (Wildman–Crippen LogP) is 4.44. The molecule has 3 nitrogen and oxygen atoms in total. The van der Waals surface area contributed by atoms with Crippen LogP contribution in [0.25, 0.3) is 0 Å². The number of nitrogens with two attached hydrogens (primary N) is 1. The average Bonchev–Trinajstić information content (AvgIpc) is 2.46. The van der Waals surface area contributed by atoms with Crippen molar-refractivity contribution in [2.24, 2.45) is 11.7 Å². The zero-order valence-electron chi connectivity index (χ0n) is 13.7. The molecule has 0 saturated carbocycles. The van der Waals surface area contributed by atoms with Crippen LogP contribution in [0, 0.1) is 5.92 Å². The van der Waals surface area contributed by atoms with E-state index in [9.17, 15) is 4.79 Å². The van der Waals surface area contributed by atoms with Gasteiger partial charge in [0.15, 0.2) is 0 Å². The second-order valence-corrected chi connectivity index (χ2v) is 5.72. The molecule has 0 aromatic rings. The van der Waals surface area contributed by atoms with Crippen LogP contribution in [0.5, 0.6) is 0 Å². The summed E-state index contributed by atoms with van der Waals surface area (Å²) in [6.45, 7) is 5.30. The molecular weight excluding hydrogens is 250 g/mol. The molecule has 1 atom stereocenters. The lowest BCUT2D eigenvalue weighted by atomic mass is 10.00. The Hall–Kier alpha value is -0.570. The monoisotopic (exact) mass is 285 g/mol. The molecule has 0 spiro atoms. The van der Waals surface area contributed by atoms with Gasteiger partial charge in [0.25, 0.3) is 0 Å². The second kappa shape index (κ2) is 14.8. The van der Waals surface area contributed by atoms with E-state index in [-0.39, 0.29) is 11.9 Å². The van der Waals surface area contributed by atoms with Gasteiger partial charge < -0.3 is 10.5 Å². The summed E-state index contributed by atoms with van der Waals surface area (Å²) in [6.07, 6.45) is 13.2. The smallest absolute Gasteiger partial charge is 0.310 e. The van der Waals surface area contributed by atoms with Crippen molar-refractivity contribution >= 4 is 5.97 Å². The SMILES string of the molecule is CCCCCCCCCCC(CN)C(=O)OCCCC. The highest BCUT2D eigenvalue weighted by atomic mass is 16.5. The molecule has 0 amide bonds. The van der Waals surface area contributed by atoms with E-state index in [1.54, 1.807) is 0 Å². The largest absolute Gasteiger partial charge is 0.465 e. The van der Waals surface area contributed by atoms with Crippen LogP contribution in [0.1, 0.15) is 84.5 Å². The molecule has 0 aromatic carbocycles. The van der Waals surface area contributed by atoms with E-state index in [0.29, 0.717) is 13.2 Å². The summed E-state index contributed by atoms with van der Waals surface area (Å²) >= 11 is 0. The Labute approximate surface area is 125 Å². The van der Waals surface area contributed by atoms with Crippen molar-refractivity contribution in [3.05, 3.63) is 0 Å². The zero-order chi connectivity index (χ0) is 15.1. The maximum absolute atomic E-state index is 11.8. The molecule has 0 heterocycles. The van der Waals surface area contributed by atoms with Crippen molar-refractivity contribution in [3.8, 4) is 0 Å². The summed E-state index contributed by atoms with van der Waals surface area (Å²) in [4.78, 5) is 11.8. The highest BCUT2D eigenvalue weighted by Gasteiger charge is 2.17. The Bertz CT molecular complexity index is 219. The number of hydrogen-bond donors (Lipinski definition) is 1. The summed E-state index contributed by atoms with van der Waals surface area (Å²) in [6, 6.07) is 0. The van der Waals surface area contributed by atoms with Gasteiger partial charge in [-0.25, -0.2) is 0 Å². The van der Waals surface area contributed by atoms with Crippen LogP contribution >= 0.6 is 0 Å². The predicted molar refractivity (Wildman–Crippen MR) is 85.6 cm³/mol. The van der Waals surface area contributed by atoms with Crippen molar-refractivity contribution in [1.82, 2.24) is 0 Å². The number of carbonyl (C=O) groups excluding carboxylic acids is 1. The summed E-state index contributed by atoms with van der Waals surface area (Å²) in [5.41, 5.74) is 5.67. The number of rotatable bonds is 14. The number of unbranched alkanes of at least 4 members (excludes halogenated alkanes) is 8. The minimum atomic E-state index is -0.0936. The Balaban J connectivity index is 3.51. The Morgan fingerprint density at radius 1 is 0.900 bits per heavy atom. The van der Waals surface area contributed by atoms with Gasteiger partial charge in [0, 0.05) is 6.54 Å². The molecule has 1 unspecified atom stereocenters. The number of esters is 1. The first-order valence-electron chi connectivity index (χ1n) is 8.62. The third-order valence-corrected chi connectivity index (χ3v) is 3.77. The van der Waals surface area contributed by atoms with E-state index in [4.69, 9.17) is 10.5 Å². The number of ether oxygens (including phenoxy) is 1. The highest BCUT2D eigenvalue weighted by Crippen LogP contribution is 2.14. The van der Waals surface area contributed by atoms with Crippen molar-refractivity contribution in [2.45, 2.75) is 84.5 Å². The molecule has 0 aromatic heterocycles. The molecule has 0 saturated heterocycles. The van der Waals surface area contributed by atoms with Gasteiger partial charge in [-0.15, -0.1) is 0 Å². The van der Waals surface area contributed by atoms with Crippen molar-refractivity contribution in [2.75, 3.05) is 13.2 Å². The zero-order valence-corrected chi connectivity index (χ0v) is 13.7. The summed E-state index contributed by atoms with van der Waals surface area (Å²) < 4.78 is 5.24. The minimum Gasteiger partial charge on any atom is -0.465 e. The van der Waals surface area contributed by atoms with Gasteiger partial charge in [-0.2, -0.15) is 0 Å². The quantitative estimate of drug-likeness (QED) is 0.379. The molecule has 20 heavy (non-hydrogen) atoms. The Morgan fingerprint density at radius 3 is 2.00 bits per heavy atom. The minimum absolute atomic E-state index is 0.0908. The standard InChI is InChI=1S/C17H35NO2/c1-3-5-7-8-9-10-11-12-13-16(15-18)17(19)20-14-6-4-2/h16H,3-15,18H2,1-2H3. The average molecular weight is 285 g/mol. The molecule has 0 rings (SSSR count). The van der Waals surface area contributed by atoms with E-state index >= 15 is 0 Å². The molecule has 120 valence electrons.